The fourth-order valence-electron chi connectivity index (χ4n) is 2.82. The van der Waals surface area contributed by atoms with Gasteiger partial charge in [-0.25, -0.2) is 0 Å². The molecule has 5 nitrogen and oxygen atoms in total. The Morgan fingerprint density at radius 2 is 1.96 bits per heavy atom. The number of aromatic nitrogens is 2. The SMILES string of the molecule is NC1(c2cccc(NC(=O)c3cn[nH]c3-c3ccc(Cl)cc3)c2)CC1. The summed E-state index contributed by atoms with van der Waals surface area (Å²) >= 11 is 5.92. The molecular formula is C19H17ClN4O. The summed E-state index contributed by atoms with van der Waals surface area (Å²) in [5.74, 6) is -0.224. The van der Waals surface area contributed by atoms with Crippen molar-refractivity contribution in [3.05, 3.63) is 70.9 Å². The molecule has 0 unspecified atom stereocenters. The highest BCUT2D eigenvalue weighted by atomic mass is 35.5. The van der Waals surface area contributed by atoms with Crippen molar-refractivity contribution < 1.29 is 4.79 Å². The first-order valence-electron chi connectivity index (χ1n) is 8.05. The molecule has 0 radical (unpaired) electrons. The molecule has 1 aliphatic carbocycles. The van der Waals surface area contributed by atoms with Gasteiger partial charge in [-0.05, 0) is 42.7 Å². The van der Waals surface area contributed by atoms with Gasteiger partial charge in [-0.1, -0.05) is 35.9 Å². The molecule has 0 spiro atoms. The standard InChI is InChI=1S/C19H17ClN4O/c20-14-6-4-12(5-7-14)17-16(11-22-24-17)18(25)23-15-3-1-2-13(10-15)19(21)8-9-19/h1-7,10-11H,8-9,21H2,(H,22,24)(H,23,25). The zero-order valence-corrected chi connectivity index (χ0v) is 14.2. The lowest BCUT2D eigenvalue weighted by Gasteiger charge is -2.12. The van der Waals surface area contributed by atoms with E-state index in [1.807, 2.05) is 36.4 Å². The molecule has 1 aromatic heterocycles. The van der Waals surface area contributed by atoms with Gasteiger partial charge in [0.25, 0.3) is 5.91 Å². The number of amides is 1. The van der Waals surface area contributed by atoms with Gasteiger partial charge in [0.1, 0.15) is 0 Å². The monoisotopic (exact) mass is 352 g/mol. The van der Waals surface area contributed by atoms with Gasteiger partial charge in [-0.3, -0.25) is 9.89 Å². The van der Waals surface area contributed by atoms with Gasteiger partial charge < -0.3 is 11.1 Å². The van der Waals surface area contributed by atoms with E-state index in [1.165, 1.54) is 6.20 Å². The van der Waals surface area contributed by atoms with Crippen LogP contribution in [0.15, 0.2) is 54.7 Å². The van der Waals surface area contributed by atoms with E-state index < -0.39 is 0 Å². The molecule has 0 aliphatic heterocycles. The molecule has 1 fully saturated rings. The fourth-order valence-corrected chi connectivity index (χ4v) is 2.95. The number of carbonyl (C=O) groups excluding carboxylic acids is 1. The lowest BCUT2D eigenvalue weighted by atomic mass is 10.0. The normalized spacial score (nSPS) is 15.0. The van der Waals surface area contributed by atoms with Crippen LogP contribution < -0.4 is 11.1 Å². The van der Waals surface area contributed by atoms with Gasteiger partial charge in [0, 0.05) is 21.8 Å². The average Bonchev–Trinajstić information content (AvgIpc) is 3.18. The zero-order valence-electron chi connectivity index (χ0n) is 13.4. The number of nitrogens with zero attached hydrogens (tertiary/aromatic N) is 1. The Morgan fingerprint density at radius 3 is 2.68 bits per heavy atom. The van der Waals surface area contributed by atoms with Crippen molar-refractivity contribution in [1.29, 1.82) is 0 Å². The summed E-state index contributed by atoms with van der Waals surface area (Å²) in [7, 11) is 0. The Kier molecular flexibility index (Phi) is 3.82. The van der Waals surface area contributed by atoms with Crippen molar-refractivity contribution >= 4 is 23.2 Å². The second-order valence-corrected chi connectivity index (χ2v) is 6.79. The van der Waals surface area contributed by atoms with Crippen LogP contribution in [-0.4, -0.2) is 16.1 Å². The molecule has 6 heteroatoms. The van der Waals surface area contributed by atoms with Crippen LogP contribution in [0.1, 0.15) is 28.8 Å². The lowest BCUT2D eigenvalue weighted by molar-refractivity contribution is 0.102. The molecule has 2 aromatic carbocycles. The maximum Gasteiger partial charge on any atom is 0.259 e. The highest BCUT2D eigenvalue weighted by Crippen LogP contribution is 2.43. The molecule has 0 saturated heterocycles. The molecule has 25 heavy (non-hydrogen) atoms. The smallest absolute Gasteiger partial charge is 0.259 e. The molecule has 1 aliphatic rings. The molecule has 0 bridgehead atoms. The maximum absolute atomic E-state index is 12.7. The third-order valence-corrected chi connectivity index (χ3v) is 4.75. The molecule has 1 saturated carbocycles. The van der Waals surface area contributed by atoms with Crippen molar-refractivity contribution in [1.82, 2.24) is 10.2 Å². The first-order valence-corrected chi connectivity index (χ1v) is 8.43. The summed E-state index contributed by atoms with van der Waals surface area (Å²) in [6.45, 7) is 0. The Morgan fingerprint density at radius 1 is 1.20 bits per heavy atom. The second-order valence-electron chi connectivity index (χ2n) is 6.36. The van der Waals surface area contributed by atoms with Crippen LogP contribution in [0.2, 0.25) is 5.02 Å². The first-order chi connectivity index (χ1) is 12.0. The lowest BCUT2D eigenvalue weighted by Crippen LogP contribution is -2.19. The van der Waals surface area contributed by atoms with Gasteiger partial charge in [0.2, 0.25) is 0 Å². The summed E-state index contributed by atoms with van der Waals surface area (Å²) in [4.78, 5) is 12.7. The number of aromatic amines is 1. The molecule has 1 amide bonds. The number of nitrogens with two attached hydrogens (primary N) is 1. The average molecular weight is 353 g/mol. The van der Waals surface area contributed by atoms with Gasteiger partial charge in [-0.15, -0.1) is 0 Å². The fraction of sp³-hybridized carbons (Fsp3) is 0.158. The number of carbonyl (C=O) groups is 1. The minimum absolute atomic E-state index is 0.224. The van der Waals surface area contributed by atoms with Gasteiger partial charge in [-0.2, -0.15) is 5.10 Å². The number of rotatable bonds is 4. The number of halogens is 1. The third-order valence-electron chi connectivity index (χ3n) is 4.50. The van der Waals surface area contributed by atoms with Crippen LogP contribution in [0.3, 0.4) is 0 Å². The highest BCUT2D eigenvalue weighted by molar-refractivity contribution is 6.30. The van der Waals surface area contributed by atoms with E-state index in [1.54, 1.807) is 12.1 Å². The minimum atomic E-state index is -0.231. The quantitative estimate of drug-likeness (QED) is 0.665. The Balaban J connectivity index is 1.58. The van der Waals surface area contributed by atoms with Gasteiger partial charge >= 0.3 is 0 Å². The van der Waals surface area contributed by atoms with Crippen LogP contribution in [0.5, 0.6) is 0 Å². The van der Waals surface area contributed by atoms with E-state index in [0.717, 1.165) is 29.7 Å². The van der Waals surface area contributed by atoms with E-state index in [2.05, 4.69) is 15.5 Å². The Bertz CT molecular complexity index is 929. The summed E-state index contributed by atoms with van der Waals surface area (Å²) in [5, 5.41) is 10.5. The minimum Gasteiger partial charge on any atom is -0.322 e. The predicted molar refractivity (Wildman–Crippen MR) is 98.5 cm³/mol. The maximum atomic E-state index is 12.7. The second kappa shape index (κ2) is 6.02. The van der Waals surface area contributed by atoms with Crippen LogP contribution >= 0.6 is 11.6 Å². The Hall–Kier alpha value is -2.63. The summed E-state index contributed by atoms with van der Waals surface area (Å²) in [6, 6.07) is 14.9. The van der Waals surface area contributed by atoms with Crippen molar-refractivity contribution in [2.24, 2.45) is 5.73 Å². The van der Waals surface area contributed by atoms with Crippen LogP contribution in [-0.2, 0) is 5.54 Å². The van der Waals surface area contributed by atoms with Crippen molar-refractivity contribution in [2.45, 2.75) is 18.4 Å². The molecule has 4 N–H and O–H groups in total. The summed E-state index contributed by atoms with van der Waals surface area (Å²) < 4.78 is 0. The van der Waals surface area contributed by atoms with Crippen LogP contribution in [0.4, 0.5) is 5.69 Å². The number of anilines is 1. The van der Waals surface area contributed by atoms with Crippen LogP contribution in [0.25, 0.3) is 11.3 Å². The molecule has 1 heterocycles. The van der Waals surface area contributed by atoms with E-state index >= 15 is 0 Å². The summed E-state index contributed by atoms with van der Waals surface area (Å²) in [6.07, 6.45) is 3.48. The van der Waals surface area contributed by atoms with Crippen LogP contribution in [0, 0.1) is 0 Å². The predicted octanol–water partition coefficient (Wildman–Crippen LogP) is 3.93. The molecule has 3 aromatic rings. The topological polar surface area (TPSA) is 83.8 Å². The van der Waals surface area contributed by atoms with Crippen molar-refractivity contribution in [3.8, 4) is 11.3 Å². The summed E-state index contributed by atoms with van der Waals surface area (Å²) in [5.41, 5.74) is 9.76. The third kappa shape index (κ3) is 3.16. The van der Waals surface area contributed by atoms with Crippen molar-refractivity contribution in [3.63, 3.8) is 0 Å². The first kappa shape index (κ1) is 15.9. The molecule has 4 rings (SSSR count). The molecular weight excluding hydrogens is 336 g/mol. The molecule has 0 atom stereocenters. The number of nitrogens with one attached hydrogen (secondary N) is 2. The number of benzene rings is 2. The van der Waals surface area contributed by atoms with E-state index in [-0.39, 0.29) is 11.4 Å². The van der Waals surface area contributed by atoms with E-state index in [0.29, 0.717) is 16.3 Å². The van der Waals surface area contributed by atoms with E-state index in [4.69, 9.17) is 17.3 Å². The van der Waals surface area contributed by atoms with Gasteiger partial charge in [0.05, 0.1) is 17.5 Å². The van der Waals surface area contributed by atoms with Gasteiger partial charge in [0.15, 0.2) is 0 Å². The number of H-pyrrole nitrogens is 1. The van der Waals surface area contributed by atoms with Crippen molar-refractivity contribution in [2.75, 3.05) is 5.32 Å². The number of hydrogen-bond acceptors (Lipinski definition) is 3. The largest absolute Gasteiger partial charge is 0.322 e. The molecule has 126 valence electrons. The van der Waals surface area contributed by atoms with E-state index in [9.17, 15) is 4.79 Å². The zero-order chi connectivity index (χ0) is 17.4. The Labute approximate surface area is 150 Å². The highest BCUT2D eigenvalue weighted by Gasteiger charge is 2.39. The number of hydrogen-bond donors (Lipinski definition) is 3.